The number of halogens is 1. The molecule has 2 aromatic rings. The maximum Gasteiger partial charge on any atom is 0.257 e. The fraction of sp³-hybridized carbons (Fsp3) is 0. The van der Waals surface area contributed by atoms with Gasteiger partial charge in [-0.3, -0.25) is 9.78 Å². The lowest BCUT2D eigenvalue weighted by molar-refractivity contribution is 0.102. The number of benzene rings is 1. The molecule has 0 atom stereocenters. The van der Waals surface area contributed by atoms with E-state index in [0.717, 1.165) is 0 Å². The van der Waals surface area contributed by atoms with Gasteiger partial charge in [0.15, 0.2) is 0 Å². The van der Waals surface area contributed by atoms with Crippen LogP contribution in [-0.4, -0.2) is 10.9 Å². The van der Waals surface area contributed by atoms with Gasteiger partial charge in [0.2, 0.25) is 0 Å². The number of aromatic nitrogens is 1. The van der Waals surface area contributed by atoms with E-state index in [2.05, 4.69) is 26.2 Å². The fourth-order valence-corrected chi connectivity index (χ4v) is 1.73. The van der Waals surface area contributed by atoms with Crippen molar-refractivity contribution < 1.29 is 4.79 Å². The monoisotopic (exact) mass is 291 g/mol. The van der Waals surface area contributed by atoms with Gasteiger partial charge in [0.1, 0.15) is 0 Å². The van der Waals surface area contributed by atoms with E-state index >= 15 is 0 Å². The van der Waals surface area contributed by atoms with Gasteiger partial charge >= 0.3 is 0 Å². The summed E-state index contributed by atoms with van der Waals surface area (Å²) in [7, 11) is 0. The van der Waals surface area contributed by atoms with E-state index in [-0.39, 0.29) is 5.91 Å². The molecule has 0 saturated carbocycles. The molecule has 0 aliphatic carbocycles. The van der Waals surface area contributed by atoms with Crippen molar-refractivity contribution in [3.8, 4) is 0 Å². The molecule has 1 heterocycles. The predicted molar refractivity (Wildman–Crippen MR) is 70.7 cm³/mol. The third-order valence-electron chi connectivity index (χ3n) is 2.24. The van der Waals surface area contributed by atoms with Gasteiger partial charge in [-0.15, -0.1) is 0 Å². The first-order chi connectivity index (χ1) is 8.18. The van der Waals surface area contributed by atoms with E-state index in [1.165, 1.54) is 0 Å². The van der Waals surface area contributed by atoms with Gasteiger partial charge in [0.25, 0.3) is 5.91 Å². The van der Waals surface area contributed by atoms with Crippen LogP contribution in [-0.2, 0) is 0 Å². The summed E-state index contributed by atoms with van der Waals surface area (Å²) in [6.45, 7) is 0. The third-order valence-corrected chi connectivity index (χ3v) is 2.93. The zero-order valence-corrected chi connectivity index (χ0v) is 10.4. The van der Waals surface area contributed by atoms with Crippen molar-refractivity contribution in [1.29, 1.82) is 0 Å². The zero-order valence-electron chi connectivity index (χ0n) is 8.85. The van der Waals surface area contributed by atoms with Gasteiger partial charge in [-0.25, -0.2) is 0 Å². The molecule has 1 aromatic heterocycles. The number of rotatable bonds is 2. The van der Waals surface area contributed by atoms with Crippen molar-refractivity contribution in [1.82, 2.24) is 4.98 Å². The Kier molecular flexibility index (Phi) is 3.39. The van der Waals surface area contributed by atoms with Gasteiger partial charge in [-0.2, -0.15) is 0 Å². The summed E-state index contributed by atoms with van der Waals surface area (Å²) < 4.78 is 0.708. The smallest absolute Gasteiger partial charge is 0.257 e. The highest BCUT2D eigenvalue weighted by atomic mass is 79.9. The highest BCUT2D eigenvalue weighted by molar-refractivity contribution is 9.10. The molecule has 4 nitrogen and oxygen atoms in total. The van der Waals surface area contributed by atoms with Gasteiger partial charge < -0.3 is 11.1 Å². The minimum atomic E-state index is -0.241. The molecule has 0 aliphatic rings. The Hall–Kier alpha value is -1.88. The molecular weight excluding hydrogens is 282 g/mol. The normalized spacial score (nSPS) is 9.94. The van der Waals surface area contributed by atoms with Crippen molar-refractivity contribution in [3.63, 3.8) is 0 Å². The van der Waals surface area contributed by atoms with E-state index in [1.54, 1.807) is 42.7 Å². The van der Waals surface area contributed by atoms with Gasteiger partial charge in [-0.1, -0.05) is 6.07 Å². The lowest BCUT2D eigenvalue weighted by Crippen LogP contribution is -2.14. The first-order valence-corrected chi connectivity index (χ1v) is 5.73. The van der Waals surface area contributed by atoms with Crippen LogP contribution in [0.3, 0.4) is 0 Å². The number of amides is 1. The van der Waals surface area contributed by atoms with E-state index < -0.39 is 0 Å². The number of nitrogens with one attached hydrogen (secondary N) is 1. The van der Waals surface area contributed by atoms with Crippen molar-refractivity contribution in [2.45, 2.75) is 0 Å². The Balaban J connectivity index is 2.24. The summed E-state index contributed by atoms with van der Waals surface area (Å²) in [5.74, 6) is -0.241. The summed E-state index contributed by atoms with van der Waals surface area (Å²) in [4.78, 5) is 15.8. The van der Waals surface area contributed by atoms with Crippen LogP contribution in [0.15, 0.2) is 47.2 Å². The molecule has 0 unspecified atom stereocenters. The molecule has 1 aromatic carbocycles. The number of nitrogen functional groups attached to an aromatic ring is 1. The second kappa shape index (κ2) is 4.97. The summed E-state index contributed by atoms with van der Waals surface area (Å²) in [6, 6.07) is 8.66. The van der Waals surface area contributed by atoms with E-state index in [1.807, 2.05) is 0 Å². The summed E-state index contributed by atoms with van der Waals surface area (Å²) in [5, 5.41) is 2.75. The van der Waals surface area contributed by atoms with Crippen LogP contribution in [0.5, 0.6) is 0 Å². The number of carbonyl (C=O) groups is 1. The molecule has 0 aliphatic heterocycles. The Labute approximate surface area is 107 Å². The van der Waals surface area contributed by atoms with E-state index in [4.69, 9.17) is 5.73 Å². The summed E-state index contributed by atoms with van der Waals surface area (Å²) in [5.41, 5.74) is 7.37. The van der Waals surface area contributed by atoms with Crippen LogP contribution in [0.25, 0.3) is 0 Å². The molecule has 0 spiro atoms. The topological polar surface area (TPSA) is 68.0 Å². The SMILES string of the molecule is Nc1c(Br)cccc1C(=O)Nc1ccncc1. The molecule has 2 rings (SSSR count). The maximum absolute atomic E-state index is 12.0. The van der Waals surface area contributed by atoms with Crippen LogP contribution in [0.2, 0.25) is 0 Å². The Bertz CT molecular complexity index is 543. The quantitative estimate of drug-likeness (QED) is 0.836. The van der Waals surface area contributed by atoms with Gasteiger partial charge in [0, 0.05) is 22.6 Å². The molecule has 17 heavy (non-hydrogen) atoms. The highest BCUT2D eigenvalue weighted by Gasteiger charge is 2.11. The number of pyridine rings is 1. The summed E-state index contributed by atoms with van der Waals surface area (Å²) in [6.07, 6.45) is 3.22. The molecule has 5 heteroatoms. The van der Waals surface area contributed by atoms with Gasteiger partial charge in [-0.05, 0) is 40.2 Å². The van der Waals surface area contributed by atoms with Crippen molar-refractivity contribution in [3.05, 3.63) is 52.8 Å². The van der Waals surface area contributed by atoms with E-state index in [0.29, 0.717) is 21.4 Å². The third kappa shape index (κ3) is 2.62. The minimum Gasteiger partial charge on any atom is -0.397 e. The summed E-state index contributed by atoms with van der Waals surface area (Å²) >= 11 is 3.28. The van der Waals surface area contributed by atoms with E-state index in [9.17, 15) is 4.79 Å². The number of nitrogens with two attached hydrogens (primary N) is 1. The lowest BCUT2D eigenvalue weighted by atomic mass is 10.1. The number of nitrogens with zero attached hydrogens (tertiary/aromatic N) is 1. The lowest BCUT2D eigenvalue weighted by Gasteiger charge is -2.08. The molecule has 0 radical (unpaired) electrons. The molecule has 1 amide bonds. The second-order valence-electron chi connectivity index (χ2n) is 3.39. The number of anilines is 2. The van der Waals surface area contributed by atoms with Crippen LogP contribution in [0, 0.1) is 0 Å². The predicted octanol–water partition coefficient (Wildman–Crippen LogP) is 2.68. The fourth-order valence-electron chi connectivity index (χ4n) is 1.37. The second-order valence-corrected chi connectivity index (χ2v) is 4.25. The molecule has 0 saturated heterocycles. The maximum atomic E-state index is 12.0. The van der Waals surface area contributed by atoms with Crippen molar-refractivity contribution in [2.24, 2.45) is 0 Å². The average Bonchev–Trinajstić information content (AvgIpc) is 2.34. The van der Waals surface area contributed by atoms with Crippen LogP contribution in [0.1, 0.15) is 10.4 Å². The van der Waals surface area contributed by atoms with Crippen LogP contribution < -0.4 is 11.1 Å². The van der Waals surface area contributed by atoms with Crippen molar-refractivity contribution in [2.75, 3.05) is 11.1 Å². The minimum absolute atomic E-state index is 0.241. The first kappa shape index (κ1) is 11.6. The standard InChI is InChI=1S/C12H10BrN3O/c13-10-3-1-2-9(11(10)14)12(17)16-8-4-6-15-7-5-8/h1-7H,14H2,(H,15,16,17). The number of carbonyl (C=O) groups excluding carboxylic acids is 1. The van der Waals surface area contributed by atoms with Gasteiger partial charge in [0.05, 0.1) is 11.3 Å². The molecule has 3 N–H and O–H groups in total. The highest BCUT2D eigenvalue weighted by Crippen LogP contribution is 2.23. The van der Waals surface area contributed by atoms with Crippen molar-refractivity contribution >= 4 is 33.2 Å². The average molecular weight is 292 g/mol. The first-order valence-electron chi connectivity index (χ1n) is 4.94. The molecule has 86 valence electrons. The van der Waals surface area contributed by atoms with Crippen LogP contribution in [0.4, 0.5) is 11.4 Å². The number of hydrogen-bond acceptors (Lipinski definition) is 3. The van der Waals surface area contributed by atoms with Crippen LogP contribution >= 0.6 is 15.9 Å². The number of para-hydroxylation sites is 1. The Morgan fingerprint density at radius 3 is 2.65 bits per heavy atom. The Morgan fingerprint density at radius 2 is 1.94 bits per heavy atom. The molecule has 0 fully saturated rings. The zero-order chi connectivity index (χ0) is 12.3. The molecule has 0 bridgehead atoms. The Morgan fingerprint density at radius 1 is 1.24 bits per heavy atom. The number of hydrogen-bond donors (Lipinski definition) is 2. The largest absolute Gasteiger partial charge is 0.397 e. The molecular formula is C12H10BrN3O.